The zero-order chi connectivity index (χ0) is 11.5. The highest BCUT2D eigenvalue weighted by Crippen LogP contribution is 2.35. The fourth-order valence-corrected chi connectivity index (χ4v) is 2.63. The summed E-state index contributed by atoms with van der Waals surface area (Å²) in [5.74, 6) is 2.73. The number of hydrogen-bond acceptors (Lipinski definition) is 6. The standard InChI is InChI=1S/C10H17N5S/c1-4-11-10-12-7-5-6-16-8(7)9(13-10)14-15(2)3/h4-6H2,1-3H3,(H2,11,12,13,14). The minimum absolute atomic E-state index is 0.716. The first-order valence-electron chi connectivity index (χ1n) is 5.42. The molecule has 0 aliphatic carbocycles. The second-order valence-corrected chi connectivity index (χ2v) is 4.91. The Hall–Kier alpha value is -1.01. The van der Waals surface area contributed by atoms with Crippen molar-refractivity contribution in [2.75, 3.05) is 37.1 Å². The molecule has 6 heteroatoms. The van der Waals surface area contributed by atoms with Crippen LogP contribution in [-0.2, 0) is 6.42 Å². The molecule has 16 heavy (non-hydrogen) atoms. The van der Waals surface area contributed by atoms with Gasteiger partial charge in [0, 0.05) is 32.8 Å². The van der Waals surface area contributed by atoms with Gasteiger partial charge in [-0.1, -0.05) is 0 Å². The molecule has 0 spiro atoms. The first-order chi connectivity index (χ1) is 7.70. The number of nitrogens with one attached hydrogen (secondary N) is 2. The van der Waals surface area contributed by atoms with Gasteiger partial charge in [-0.3, -0.25) is 0 Å². The number of aryl methyl sites for hydroxylation is 1. The van der Waals surface area contributed by atoms with Crippen LogP contribution in [0, 0.1) is 0 Å². The topological polar surface area (TPSA) is 53.1 Å². The van der Waals surface area contributed by atoms with E-state index in [2.05, 4.69) is 20.7 Å². The van der Waals surface area contributed by atoms with E-state index in [-0.39, 0.29) is 0 Å². The summed E-state index contributed by atoms with van der Waals surface area (Å²) in [5.41, 5.74) is 4.38. The Morgan fingerprint density at radius 1 is 1.38 bits per heavy atom. The Labute approximate surface area is 100 Å². The molecule has 0 amide bonds. The van der Waals surface area contributed by atoms with Crippen LogP contribution in [0.4, 0.5) is 11.8 Å². The van der Waals surface area contributed by atoms with Gasteiger partial charge in [-0.15, -0.1) is 11.8 Å². The van der Waals surface area contributed by atoms with Crippen LogP contribution in [0.5, 0.6) is 0 Å². The Balaban J connectivity index is 2.33. The van der Waals surface area contributed by atoms with Crippen LogP contribution in [0.3, 0.4) is 0 Å². The van der Waals surface area contributed by atoms with Crippen molar-refractivity contribution < 1.29 is 0 Å². The van der Waals surface area contributed by atoms with Crippen molar-refractivity contribution in [3.05, 3.63) is 5.69 Å². The van der Waals surface area contributed by atoms with Crippen LogP contribution >= 0.6 is 11.8 Å². The number of hydrogen-bond donors (Lipinski definition) is 2. The Kier molecular flexibility index (Phi) is 3.50. The second-order valence-electron chi connectivity index (χ2n) is 3.81. The molecule has 1 aromatic rings. The van der Waals surface area contributed by atoms with Gasteiger partial charge in [0.1, 0.15) is 0 Å². The number of aromatic nitrogens is 2. The van der Waals surface area contributed by atoms with Crippen LogP contribution in [0.2, 0.25) is 0 Å². The maximum absolute atomic E-state index is 4.51. The highest BCUT2D eigenvalue weighted by Gasteiger charge is 2.20. The maximum atomic E-state index is 4.51. The quantitative estimate of drug-likeness (QED) is 0.776. The number of fused-ring (bicyclic) bond motifs is 1. The van der Waals surface area contributed by atoms with Crippen molar-refractivity contribution in [2.45, 2.75) is 18.2 Å². The molecule has 1 aliphatic heterocycles. The Bertz CT molecular complexity index is 380. The summed E-state index contributed by atoms with van der Waals surface area (Å²) in [6, 6.07) is 0. The summed E-state index contributed by atoms with van der Waals surface area (Å²) in [6.07, 6.45) is 1.03. The van der Waals surface area contributed by atoms with Gasteiger partial charge in [-0.2, -0.15) is 4.98 Å². The summed E-state index contributed by atoms with van der Waals surface area (Å²) in [4.78, 5) is 10.2. The fraction of sp³-hybridized carbons (Fsp3) is 0.600. The highest BCUT2D eigenvalue weighted by atomic mass is 32.2. The number of rotatable bonds is 4. The number of thioether (sulfide) groups is 1. The lowest BCUT2D eigenvalue weighted by Gasteiger charge is -2.16. The lowest BCUT2D eigenvalue weighted by Crippen LogP contribution is -2.21. The average Bonchev–Trinajstić information content (AvgIpc) is 2.65. The van der Waals surface area contributed by atoms with Crippen LogP contribution in [0.25, 0.3) is 0 Å². The number of anilines is 2. The predicted octanol–water partition coefficient (Wildman–Crippen LogP) is 1.45. The van der Waals surface area contributed by atoms with Crippen molar-refractivity contribution in [1.29, 1.82) is 0 Å². The minimum atomic E-state index is 0.716. The van der Waals surface area contributed by atoms with E-state index < -0.39 is 0 Å². The zero-order valence-electron chi connectivity index (χ0n) is 9.87. The van der Waals surface area contributed by atoms with Crippen LogP contribution < -0.4 is 10.7 Å². The summed E-state index contributed by atoms with van der Waals surface area (Å²) >= 11 is 1.82. The molecule has 0 unspecified atom stereocenters. The van der Waals surface area contributed by atoms with Crippen molar-refractivity contribution in [3.8, 4) is 0 Å². The smallest absolute Gasteiger partial charge is 0.224 e. The van der Waals surface area contributed by atoms with Gasteiger partial charge in [-0.05, 0) is 6.92 Å². The molecule has 0 saturated carbocycles. The van der Waals surface area contributed by atoms with Gasteiger partial charge in [0.15, 0.2) is 5.82 Å². The third-order valence-electron chi connectivity index (χ3n) is 2.19. The Morgan fingerprint density at radius 2 is 2.19 bits per heavy atom. The Morgan fingerprint density at radius 3 is 2.88 bits per heavy atom. The van der Waals surface area contributed by atoms with Crippen LogP contribution in [-0.4, -0.2) is 41.4 Å². The maximum Gasteiger partial charge on any atom is 0.224 e. The first kappa shape index (κ1) is 11.5. The lowest BCUT2D eigenvalue weighted by atomic mass is 10.3. The molecule has 1 aromatic heterocycles. The number of hydrazine groups is 1. The summed E-state index contributed by atoms with van der Waals surface area (Å²) in [6.45, 7) is 2.89. The SMILES string of the molecule is CCNc1nc2c(c(NN(C)C)n1)SCC2. The molecule has 1 aliphatic rings. The predicted molar refractivity (Wildman–Crippen MR) is 67.9 cm³/mol. The summed E-state index contributed by atoms with van der Waals surface area (Å²) < 4.78 is 0. The fourth-order valence-electron chi connectivity index (χ4n) is 1.59. The van der Waals surface area contributed by atoms with Crippen molar-refractivity contribution in [1.82, 2.24) is 15.0 Å². The van der Waals surface area contributed by atoms with Gasteiger partial charge in [0.2, 0.25) is 5.95 Å². The van der Waals surface area contributed by atoms with Crippen molar-refractivity contribution in [2.24, 2.45) is 0 Å². The molecule has 0 radical (unpaired) electrons. The third kappa shape index (κ3) is 2.38. The molecular formula is C10H17N5S. The summed E-state index contributed by atoms with van der Waals surface area (Å²) in [7, 11) is 3.92. The van der Waals surface area contributed by atoms with E-state index in [0.29, 0.717) is 5.95 Å². The molecule has 0 fully saturated rings. The molecule has 2 heterocycles. The van der Waals surface area contributed by atoms with E-state index in [0.717, 1.165) is 30.2 Å². The molecule has 0 bridgehead atoms. The average molecular weight is 239 g/mol. The molecular weight excluding hydrogens is 222 g/mol. The van der Waals surface area contributed by atoms with Crippen molar-refractivity contribution in [3.63, 3.8) is 0 Å². The van der Waals surface area contributed by atoms with E-state index in [1.165, 1.54) is 4.90 Å². The molecule has 0 aromatic carbocycles. The van der Waals surface area contributed by atoms with Crippen LogP contribution in [0.1, 0.15) is 12.6 Å². The van der Waals surface area contributed by atoms with E-state index in [1.807, 2.05) is 37.8 Å². The molecule has 2 N–H and O–H groups in total. The van der Waals surface area contributed by atoms with E-state index in [9.17, 15) is 0 Å². The lowest BCUT2D eigenvalue weighted by molar-refractivity contribution is 0.490. The van der Waals surface area contributed by atoms with E-state index in [4.69, 9.17) is 0 Å². The zero-order valence-corrected chi connectivity index (χ0v) is 10.7. The molecule has 2 rings (SSSR count). The first-order valence-corrected chi connectivity index (χ1v) is 6.41. The van der Waals surface area contributed by atoms with Crippen molar-refractivity contribution >= 4 is 23.5 Å². The van der Waals surface area contributed by atoms with Gasteiger partial charge < -0.3 is 10.7 Å². The monoisotopic (exact) mass is 239 g/mol. The molecule has 0 saturated heterocycles. The molecule has 0 atom stereocenters. The van der Waals surface area contributed by atoms with E-state index >= 15 is 0 Å². The minimum Gasteiger partial charge on any atom is -0.354 e. The van der Waals surface area contributed by atoms with Gasteiger partial charge in [0.05, 0.1) is 10.6 Å². The van der Waals surface area contributed by atoms with Gasteiger partial charge in [0.25, 0.3) is 0 Å². The van der Waals surface area contributed by atoms with Crippen LogP contribution in [0.15, 0.2) is 4.90 Å². The third-order valence-corrected chi connectivity index (χ3v) is 3.31. The van der Waals surface area contributed by atoms with Gasteiger partial charge >= 0.3 is 0 Å². The summed E-state index contributed by atoms with van der Waals surface area (Å²) in [5, 5.41) is 5.06. The highest BCUT2D eigenvalue weighted by molar-refractivity contribution is 7.99. The largest absolute Gasteiger partial charge is 0.354 e. The second kappa shape index (κ2) is 4.88. The molecule has 5 nitrogen and oxygen atoms in total. The molecule has 88 valence electrons. The van der Waals surface area contributed by atoms with E-state index in [1.54, 1.807) is 0 Å². The normalized spacial score (nSPS) is 14.0. The van der Waals surface area contributed by atoms with Gasteiger partial charge in [-0.25, -0.2) is 9.99 Å². The number of nitrogens with zero attached hydrogens (tertiary/aromatic N) is 3.